The van der Waals surface area contributed by atoms with E-state index in [9.17, 15) is 0 Å². The molecular weight excluding hydrogens is 220 g/mol. The Hall–Kier alpha value is -0.0800. The van der Waals surface area contributed by atoms with Crippen LogP contribution >= 0.6 is 0 Å². The fraction of sp³-hybridized carbons (Fsp3) is 1.00. The lowest BCUT2D eigenvalue weighted by molar-refractivity contribution is 0.120. The highest BCUT2D eigenvalue weighted by atomic mass is 15.1. The topological polar surface area (TPSA) is 15.3 Å². The number of nitrogens with one attached hydrogen (secondary N) is 1. The molecule has 0 saturated heterocycles. The molecule has 1 aliphatic carbocycles. The van der Waals surface area contributed by atoms with Crippen LogP contribution in [0.3, 0.4) is 0 Å². The summed E-state index contributed by atoms with van der Waals surface area (Å²) in [4.78, 5) is 2.57. The van der Waals surface area contributed by atoms with Crippen LogP contribution in [0.2, 0.25) is 0 Å². The Morgan fingerprint density at radius 2 is 1.89 bits per heavy atom. The van der Waals surface area contributed by atoms with E-state index in [-0.39, 0.29) is 0 Å². The molecule has 18 heavy (non-hydrogen) atoms. The number of hydrogen-bond acceptors (Lipinski definition) is 2. The van der Waals surface area contributed by atoms with Gasteiger partial charge in [0.1, 0.15) is 0 Å². The summed E-state index contributed by atoms with van der Waals surface area (Å²) < 4.78 is 0. The van der Waals surface area contributed by atoms with Gasteiger partial charge in [0.2, 0.25) is 0 Å². The Morgan fingerprint density at radius 1 is 1.22 bits per heavy atom. The zero-order valence-electron chi connectivity index (χ0n) is 13.4. The molecule has 1 aliphatic rings. The van der Waals surface area contributed by atoms with Crippen molar-refractivity contribution in [2.75, 3.05) is 20.6 Å². The molecular formula is C16H34N2. The summed E-state index contributed by atoms with van der Waals surface area (Å²) in [6, 6.07) is 1.42. The third-order valence-electron chi connectivity index (χ3n) is 5.22. The van der Waals surface area contributed by atoms with Crippen LogP contribution in [0.5, 0.6) is 0 Å². The fourth-order valence-electron chi connectivity index (χ4n) is 3.36. The zero-order chi connectivity index (χ0) is 13.7. The van der Waals surface area contributed by atoms with E-state index in [0.717, 1.165) is 23.8 Å². The van der Waals surface area contributed by atoms with Gasteiger partial charge in [-0.2, -0.15) is 0 Å². The number of rotatable bonds is 6. The summed E-state index contributed by atoms with van der Waals surface area (Å²) in [7, 11) is 4.43. The highest BCUT2D eigenvalue weighted by Gasteiger charge is 2.30. The van der Waals surface area contributed by atoms with E-state index in [1.54, 1.807) is 0 Å². The van der Waals surface area contributed by atoms with E-state index < -0.39 is 0 Å². The second-order valence-corrected chi connectivity index (χ2v) is 6.67. The minimum absolute atomic E-state index is 0.685. The van der Waals surface area contributed by atoms with Gasteiger partial charge >= 0.3 is 0 Å². The summed E-state index contributed by atoms with van der Waals surface area (Å²) in [6.07, 6.45) is 5.55. The molecule has 2 nitrogen and oxygen atoms in total. The minimum Gasteiger partial charge on any atom is -0.317 e. The molecule has 2 heteroatoms. The lowest BCUT2D eigenvalue weighted by Crippen LogP contribution is -2.46. The third kappa shape index (κ3) is 4.24. The molecule has 0 aromatic rings. The summed E-state index contributed by atoms with van der Waals surface area (Å²) in [5.74, 6) is 2.54. The van der Waals surface area contributed by atoms with Gasteiger partial charge in [0, 0.05) is 18.6 Å². The molecule has 108 valence electrons. The van der Waals surface area contributed by atoms with Crippen LogP contribution in [0.25, 0.3) is 0 Å². The van der Waals surface area contributed by atoms with Crippen LogP contribution in [0.1, 0.15) is 53.4 Å². The highest BCUT2D eigenvalue weighted by Crippen LogP contribution is 2.32. The lowest BCUT2D eigenvalue weighted by atomic mass is 9.76. The summed E-state index contributed by atoms with van der Waals surface area (Å²) >= 11 is 0. The van der Waals surface area contributed by atoms with Gasteiger partial charge in [0.25, 0.3) is 0 Å². The van der Waals surface area contributed by atoms with Crippen molar-refractivity contribution in [3.63, 3.8) is 0 Å². The zero-order valence-corrected chi connectivity index (χ0v) is 13.4. The fourth-order valence-corrected chi connectivity index (χ4v) is 3.36. The predicted molar refractivity (Wildman–Crippen MR) is 80.9 cm³/mol. The maximum absolute atomic E-state index is 3.55. The van der Waals surface area contributed by atoms with Gasteiger partial charge in [-0.3, -0.25) is 0 Å². The highest BCUT2D eigenvalue weighted by molar-refractivity contribution is 4.86. The molecule has 1 N–H and O–H groups in total. The Balaban J connectivity index is 2.55. The Morgan fingerprint density at radius 3 is 2.39 bits per heavy atom. The first-order chi connectivity index (χ1) is 8.49. The average molecular weight is 254 g/mol. The molecule has 0 aromatic heterocycles. The van der Waals surface area contributed by atoms with Gasteiger partial charge in [-0.25, -0.2) is 0 Å². The summed E-state index contributed by atoms with van der Waals surface area (Å²) in [5, 5.41) is 3.55. The van der Waals surface area contributed by atoms with Gasteiger partial charge in [0.15, 0.2) is 0 Å². The maximum atomic E-state index is 3.55. The largest absolute Gasteiger partial charge is 0.317 e. The van der Waals surface area contributed by atoms with E-state index in [4.69, 9.17) is 0 Å². The molecule has 0 spiro atoms. The molecule has 0 radical (unpaired) electrons. The van der Waals surface area contributed by atoms with Crippen molar-refractivity contribution in [1.82, 2.24) is 10.2 Å². The van der Waals surface area contributed by atoms with E-state index in [1.165, 1.54) is 32.2 Å². The molecule has 1 saturated carbocycles. The van der Waals surface area contributed by atoms with Crippen molar-refractivity contribution in [2.24, 2.45) is 17.8 Å². The van der Waals surface area contributed by atoms with Crippen LogP contribution in [-0.4, -0.2) is 37.6 Å². The summed E-state index contributed by atoms with van der Waals surface area (Å²) in [5.41, 5.74) is 0. The van der Waals surface area contributed by atoms with Crippen molar-refractivity contribution in [2.45, 2.75) is 65.5 Å². The van der Waals surface area contributed by atoms with Crippen molar-refractivity contribution in [3.8, 4) is 0 Å². The van der Waals surface area contributed by atoms with Crippen LogP contribution in [0, 0.1) is 17.8 Å². The second-order valence-electron chi connectivity index (χ2n) is 6.67. The Bertz CT molecular complexity index is 227. The molecule has 0 heterocycles. The van der Waals surface area contributed by atoms with Gasteiger partial charge in [-0.15, -0.1) is 0 Å². The monoisotopic (exact) mass is 254 g/mol. The minimum atomic E-state index is 0.685. The number of nitrogens with zero attached hydrogens (tertiary/aromatic N) is 1. The standard InChI is InChI=1S/C16H34N2/c1-7-14-8-9-16(17-5)15(10-14)11-18(6)13(4)12(2)3/h12-17H,7-11H2,1-6H3. The smallest absolute Gasteiger partial charge is 0.0105 e. The van der Waals surface area contributed by atoms with Crippen LogP contribution < -0.4 is 5.32 Å². The maximum Gasteiger partial charge on any atom is 0.0105 e. The third-order valence-corrected chi connectivity index (χ3v) is 5.22. The molecule has 0 aromatic carbocycles. The van der Waals surface area contributed by atoms with Crippen molar-refractivity contribution < 1.29 is 0 Å². The molecule has 0 amide bonds. The lowest BCUT2D eigenvalue weighted by Gasteiger charge is -2.40. The predicted octanol–water partition coefficient (Wildman–Crippen LogP) is 3.38. The van der Waals surface area contributed by atoms with E-state index in [1.807, 2.05) is 0 Å². The normalized spacial score (nSPS) is 31.0. The first-order valence-corrected chi connectivity index (χ1v) is 7.87. The van der Waals surface area contributed by atoms with Gasteiger partial charge < -0.3 is 10.2 Å². The second kappa shape index (κ2) is 7.49. The van der Waals surface area contributed by atoms with Crippen molar-refractivity contribution in [1.29, 1.82) is 0 Å². The SMILES string of the molecule is CCC1CCC(NC)C(CN(C)C(C)C(C)C)C1. The molecule has 4 unspecified atom stereocenters. The molecule has 1 fully saturated rings. The van der Waals surface area contributed by atoms with Crippen molar-refractivity contribution >= 4 is 0 Å². The first-order valence-electron chi connectivity index (χ1n) is 7.87. The Labute approximate surface area is 115 Å². The average Bonchev–Trinajstić information content (AvgIpc) is 2.37. The van der Waals surface area contributed by atoms with Crippen molar-refractivity contribution in [3.05, 3.63) is 0 Å². The quantitative estimate of drug-likeness (QED) is 0.782. The van der Waals surface area contributed by atoms with Crippen LogP contribution in [-0.2, 0) is 0 Å². The van der Waals surface area contributed by atoms with Crippen LogP contribution in [0.4, 0.5) is 0 Å². The number of hydrogen-bond donors (Lipinski definition) is 1. The first kappa shape index (κ1) is 16.0. The van der Waals surface area contributed by atoms with E-state index in [2.05, 4.69) is 52.0 Å². The van der Waals surface area contributed by atoms with E-state index in [0.29, 0.717) is 6.04 Å². The molecule has 4 atom stereocenters. The van der Waals surface area contributed by atoms with E-state index >= 15 is 0 Å². The van der Waals surface area contributed by atoms with Gasteiger partial charge in [-0.1, -0.05) is 27.2 Å². The van der Waals surface area contributed by atoms with Crippen LogP contribution in [0.15, 0.2) is 0 Å². The molecule has 0 aliphatic heterocycles. The Kier molecular flexibility index (Phi) is 6.65. The molecule has 0 bridgehead atoms. The molecule has 1 rings (SSSR count). The van der Waals surface area contributed by atoms with Gasteiger partial charge in [0.05, 0.1) is 0 Å². The summed E-state index contributed by atoms with van der Waals surface area (Å²) in [6.45, 7) is 10.6. The van der Waals surface area contributed by atoms with Gasteiger partial charge in [-0.05, 0) is 58.0 Å².